The molecule has 0 aliphatic carbocycles. The zero-order valence-corrected chi connectivity index (χ0v) is 13.5. The molecule has 2 aromatic rings. The summed E-state index contributed by atoms with van der Waals surface area (Å²) in [6.45, 7) is 3.65. The number of carboxylic acid groups (broad SMARTS) is 1. The molecule has 0 spiro atoms. The van der Waals surface area contributed by atoms with Gasteiger partial charge in [-0.05, 0) is 43.7 Å². The third-order valence-electron chi connectivity index (χ3n) is 3.24. The van der Waals surface area contributed by atoms with Crippen molar-refractivity contribution in [2.45, 2.75) is 13.8 Å². The molecule has 0 saturated heterocycles. The van der Waals surface area contributed by atoms with Gasteiger partial charge in [0.15, 0.2) is 0 Å². The Kier molecular flexibility index (Phi) is 5.19. The minimum atomic E-state index is -1.15. The van der Waals surface area contributed by atoms with Crippen LogP contribution in [0.2, 0.25) is 5.02 Å². The summed E-state index contributed by atoms with van der Waals surface area (Å²) >= 11 is 5.79. The molecule has 23 heavy (non-hydrogen) atoms. The molecule has 4 nitrogen and oxygen atoms in total. The first-order valence-corrected chi connectivity index (χ1v) is 7.34. The molecular formula is C18H16ClNO3. The number of aryl methyl sites for hydroxylation is 1. The molecule has 0 radical (unpaired) electrons. The summed E-state index contributed by atoms with van der Waals surface area (Å²) in [6, 6.07) is 12.1. The van der Waals surface area contributed by atoms with E-state index in [0.717, 1.165) is 11.1 Å². The number of benzene rings is 2. The van der Waals surface area contributed by atoms with Gasteiger partial charge in [0.2, 0.25) is 0 Å². The summed E-state index contributed by atoms with van der Waals surface area (Å²) in [6.07, 6.45) is 1.75. The monoisotopic (exact) mass is 329 g/mol. The Morgan fingerprint density at radius 1 is 1.17 bits per heavy atom. The number of halogens is 1. The highest BCUT2D eigenvalue weighted by Crippen LogP contribution is 2.21. The molecule has 0 unspecified atom stereocenters. The lowest BCUT2D eigenvalue weighted by Gasteiger charge is -2.09. The van der Waals surface area contributed by atoms with E-state index in [2.05, 4.69) is 5.32 Å². The second-order valence-electron chi connectivity index (χ2n) is 5.19. The summed E-state index contributed by atoms with van der Waals surface area (Å²) < 4.78 is 0. The smallest absolute Gasteiger partial charge is 0.337 e. The van der Waals surface area contributed by atoms with Crippen LogP contribution in [0.25, 0.3) is 6.08 Å². The molecule has 5 heteroatoms. The van der Waals surface area contributed by atoms with Crippen LogP contribution in [-0.4, -0.2) is 17.0 Å². The average Bonchev–Trinajstić information content (AvgIpc) is 2.48. The standard InChI is InChI=1S/C18H16ClNO3/c1-11-4-3-5-13(8-11)9-12(2)17(21)20-16-7-6-14(19)10-15(16)18(22)23/h3-10H,1-2H3,(H,20,21)(H,22,23). The third kappa shape index (κ3) is 4.44. The van der Waals surface area contributed by atoms with Crippen molar-refractivity contribution in [1.29, 1.82) is 0 Å². The Morgan fingerprint density at radius 3 is 2.57 bits per heavy atom. The van der Waals surface area contributed by atoms with Gasteiger partial charge in [-0.3, -0.25) is 4.79 Å². The minimum absolute atomic E-state index is 0.0470. The van der Waals surface area contributed by atoms with Gasteiger partial charge in [-0.25, -0.2) is 4.79 Å². The van der Waals surface area contributed by atoms with E-state index in [1.54, 1.807) is 13.0 Å². The zero-order valence-electron chi connectivity index (χ0n) is 12.8. The van der Waals surface area contributed by atoms with Crippen molar-refractivity contribution < 1.29 is 14.7 Å². The molecule has 2 rings (SSSR count). The van der Waals surface area contributed by atoms with Crippen LogP contribution >= 0.6 is 11.6 Å². The molecule has 2 N–H and O–H groups in total. The number of carbonyl (C=O) groups is 2. The molecule has 0 aliphatic rings. The van der Waals surface area contributed by atoms with E-state index in [9.17, 15) is 14.7 Å². The lowest BCUT2D eigenvalue weighted by Crippen LogP contribution is -2.15. The fourth-order valence-corrected chi connectivity index (χ4v) is 2.27. The van der Waals surface area contributed by atoms with Crippen molar-refractivity contribution in [2.24, 2.45) is 0 Å². The lowest BCUT2D eigenvalue weighted by atomic mass is 10.1. The van der Waals surface area contributed by atoms with Gasteiger partial charge in [0, 0.05) is 10.6 Å². The number of amides is 1. The van der Waals surface area contributed by atoms with Crippen LogP contribution in [0.3, 0.4) is 0 Å². The van der Waals surface area contributed by atoms with Gasteiger partial charge in [0.1, 0.15) is 0 Å². The first kappa shape index (κ1) is 16.8. The number of hydrogen-bond donors (Lipinski definition) is 2. The normalized spacial score (nSPS) is 11.2. The molecule has 0 aliphatic heterocycles. The van der Waals surface area contributed by atoms with Gasteiger partial charge >= 0.3 is 5.97 Å². The van der Waals surface area contributed by atoms with Crippen LogP contribution < -0.4 is 5.32 Å². The van der Waals surface area contributed by atoms with Crippen molar-refractivity contribution in [3.63, 3.8) is 0 Å². The number of carbonyl (C=O) groups excluding carboxylic acids is 1. The van der Waals surface area contributed by atoms with E-state index >= 15 is 0 Å². The summed E-state index contributed by atoms with van der Waals surface area (Å²) in [5, 5.41) is 12.1. The van der Waals surface area contributed by atoms with Crippen LogP contribution in [0.5, 0.6) is 0 Å². The number of hydrogen-bond acceptors (Lipinski definition) is 2. The first-order chi connectivity index (χ1) is 10.9. The molecule has 118 valence electrons. The molecular weight excluding hydrogens is 314 g/mol. The second kappa shape index (κ2) is 7.11. The maximum atomic E-state index is 12.3. The van der Waals surface area contributed by atoms with E-state index in [-0.39, 0.29) is 17.2 Å². The molecule has 0 aromatic heterocycles. The van der Waals surface area contributed by atoms with Crippen molar-refractivity contribution in [3.8, 4) is 0 Å². The van der Waals surface area contributed by atoms with E-state index in [1.807, 2.05) is 31.2 Å². The van der Waals surface area contributed by atoms with E-state index in [0.29, 0.717) is 10.6 Å². The Labute approximate surface area is 139 Å². The Bertz CT molecular complexity index is 797. The van der Waals surface area contributed by atoms with Crippen LogP contribution in [0.4, 0.5) is 5.69 Å². The van der Waals surface area contributed by atoms with E-state index < -0.39 is 5.97 Å². The second-order valence-corrected chi connectivity index (χ2v) is 5.63. The van der Waals surface area contributed by atoms with E-state index in [4.69, 9.17) is 11.6 Å². The summed E-state index contributed by atoms with van der Waals surface area (Å²) in [5.41, 5.74) is 2.64. The fraction of sp³-hybridized carbons (Fsp3) is 0.111. The predicted octanol–water partition coefficient (Wildman–Crippen LogP) is 4.39. The van der Waals surface area contributed by atoms with Crippen molar-refractivity contribution in [1.82, 2.24) is 0 Å². The molecule has 0 bridgehead atoms. The SMILES string of the molecule is CC(=Cc1cccc(C)c1)C(=O)Nc1ccc(Cl)cc1C(=O)O. The van der Waals surface area contributed by atoms with Gasteiger partial charge in [0.05, 0.1) is 11.3 Å². The van der Waals surface area contributed by atoms with Crippen molar-refractivity contribution in [3.05, 3.63) is 69.8 Å². The van der Waals surface area contributed by atoms with Gasteiger partial charge < -0.3 is 10.4 Å². The predicted molar refractivity (Wildman–Crippen MR) is 91.9 cm³/mol. The highest BCUT2D eigenvalue weighted by Gasteiger charge is 2.14. The minimum Gasteiger partial charge on any atom is -0.478 e. The van der Waals surface area contributed by atoms with Crippen LogP contribution in [-0.2, 0) is 4.79 Å². The quantitative estimate of drug-likeness (QED) is 0.817. The van der Waals surface area contributed by atoms with Crippen LogP contribution in [0.1, 0.15) is 28.4 Å². The number of rotatable bonds is 4. The zero-order chi connectivity index (χ0) is 17.0. The lowest BCUT2D eigenvalue weighted by molar-refractivity contribution is -0.112. The first-order valence-electron chi connectivity index (χ1n) is 6.96. The van der Waals surface area contributed by atoms with Crippen LogP contribution in [0, 0.1) is 6.92 Å². The van der Waals surface area contributed by atoms with Crippen molar-refractivity contribution in [2.75, 3.05) is 5.32 Å². The third-order valence-corrected chi connectivity index (χ3v) is 3.48. The Hall–Kier alpha value is -2.59. The summed E-state index contributed by atoms with van der Waals surface area (Å²) in [4.78, 5) is 23.5. The average molecular weight is 330 g/mol. The maximum Gasteiger partial charge on any atom is 0.337 e. The molecule has 0 saturated carbocycles. The van der Waals surface area contributed by atoms with Crippen molar-refractivity contribution >= 4 is 35.2 Å². The van der Waals surface area contributed by atoms with Gasteiger partial charge in [-0.15, -0.1) is 0 Å². The molecule has 1 amide bonds. The van der Waals surface area contributed by atoms with E-state index in [1.165, 1.54) is 18.2 Å². The molecule has 0 fully saturated rings. The topological polar surface area (TPSA) is 66.4 Å². The molecule has 0 atom stereocenters. The number of anilines is 1. The van der Waals surface area contributed by atoms with Gasteiger partial charge in [-0.2, -0.15) is 0 Å². The highest BCUT2D eigenvalue weighted by molar-refractivity contribution is 6.31. The summed E-state index contributed by atoms with van der Waals surface area (Å²) in [7, 11) is 0. The Balaban J connectivity index is 2.23. The highest BCUT2D eigenvalue weighted by atomic mass is 35.5. The maximum absolute atomic E-state index is 12.3. The molecule has 2 aromatic carbocycles. The number of aromatic carboxylic acids is 1. The molecule has 0 heterocycles. The fourth-order valence-electron chi connectivity index (χ4n) is 2.10. The van der Waals surface area contributed by atoms with Gasteiger partial charge in [0.25, 0.3) is 5.91 Å². The summed E-state index contributed by atoms with van der Waals surface area (Å²) in [5.74, 6) is -1.51. The van der Waals surface area contributed by atoms with Gasteiger partial charge in [-0.1, -0.05) is 41.4 Å². The van der Waals surface area contributed by atoms with Crippen LogP contribution in [0.15, 0.2) is 48.0 Å². The number of nitrogens with one attached hydrogen (secondary N) is 1. The largest absolute Gasteiger partial charge is 0.478 e. The Morgan fingerprint density at radius 2 is 1.91 bits per heavy atom. The number of carboxylic acids is 1.